The summed E-state index contributed by atoms with van der Waals surface area (Å²) in [7, 11) is 3.08. The second-order valence-electron chi connectivity index (χ2n) is 6.41. The molecule has 2 aromatic carbocycles. The number of benzene rings is 2. The van der Waals surface area contributed by atoms with Gasteiger partial charge in [0.2, 0.25) is 5.91 Å². The molecule has 2 N–H and O–H groups in total. The zero-order chi connectivity index (χ0) is 19.4. The van der Waals surface area contributed by atoms with Crippen LogP contribution >= 0.6 is 0 Å². The van der Waals surface area contributed by atoms with Gasteiger partial charge >= 0.3 is 6.03 Å². The first-order chi connectivity index (χ1) is 13.0. The first-order valence-electron chi connectivity index (χ1n) is 8.66. The monoisotopic (exact) mass is 369 g/mol. The summed E-state index contributed by atoms with van der Waals surface area (Å²) in [5, 5.41) is 5.61. The number of rotatable bonds is 5. The van der Waals surface area contributed by atoms with Gasteiger partial charge in [0.05, 0.1) is 25.9 Å². The van der Waals surface area contributed by atoms with Crippen LogP contribution in [0.25, 0.3) is 0 Å². The van der Waals surface area contributed by atoms with Gasteiger partial charge in [-0.25, -0.2) is 4.79 Å². The summed E-state index contributed by atoms with van der Waals surface area (Å²) < 4.78 is 10.4. The number of hydrogen-bond acceptors (Lipinski definition) is 4. The van der Waals surface area contributed by atoms with Crippen molar-refractivity contribution < 1.29 is 19.1 Å². The summed E-state index contributed by atoms with van der Waals surface area (Å²) in [5.74, 6) is 1.12. The van der Waals surface area contributed by atoms with E-state index in [4.69, 9.17) is 9.47 Å². The van der Waals surface area contributed by atoms with E-state index >= 15 is 0 Å². The third-order valence-corrected chi connectivity index (χ3v) is 4.46. The fourth-order valence-electron chi connectivity index (χ4n) is 3.02. The van der Waals surface area contributed by atoms with E-state index in [2.05, 4.69) is 10.6 Å². The van der Waals surface area contributed by atoms with Crippen molar-refractivity contribution in [2.24, 2.45) is 0 Å². The van der Waals surface area contributed by atoms with Gasteiger partial charge in [-0.3, -0.25) is 4.79 Å². The number of urea groups is 1. The van der Waals surface area contributed by atoms with E-state index in [-0.39, 0.29) is 24.4 Å². The number of amides is 3. The lowest BCUT2D eigenvalue weighted by Gasteiger charge is -2.18. The number of aryl methyl sites for hydroxylation is 1. The first-order valence-corrected chi connectivity index (χ1v) is 8.66. The highest BCUT2D eigenvalue weighted by molar-refractivity contribution is 5.98. The number of nitrogens with zero attached hydrogens (tertiary/aromatic N) is 1. The predicted molar refractivity (Wildman–Crippen MR) is 104 cm³/mol. The predicted octanol–water partition coefficient (Wildman–Crippen LogP) is 2.94. The lowest BCUT2D eigenvalue weighted by atomic mass is 10.2. The quantitative estimate of drug-likeness (QED) is 0.849. The molecule has 7 nitrogen and oxygen atoms in total. The lowest BCUT2D eigenvalue weighted by Crippen LogP contribution is -2.39. The Morgan fingerprint density at radius 2 is 1.85 bits per heavy atom. The van der Waals surface area contributed by atoms with Crippen molar-refractivity contribution in [3.05, 3.63) is 48.0 Å². The molecule has 1 fully saturated rings. The van der Waals surface area contributed by atoms with Crippen LogP contribution in [-0.4, -0.2) is 38.7 Å². The average Bonchev–Trinajstić information content (AvgIpc) is 3.02. The van der Waals surface area contributed by atoms with Crippen molar-refractivity contribution in [3.8, 4) is 11.5 Å². The van der Waals surface area contributed by atoms with Gasteiger partial charge in [0.25, 0.3) is 0 Å². The molecule has 0 unspecified atom stereocenters. The molecule has 1 aliphatic heterocycles. The zero-order valence-corrected chi connectivity index (χ0v) is 15.6. The Kier molecular flexibility index (Phi) is 5.49. The second kappa shape index (κ2) is 7.99. The zero-order valence-electron chi connectivity index (χ0n) is 15.6. The van der Waals surface area contributed by atoms with Gasteiger partial charge in [0, 0.05) is 24.7 Å². The van der Waals surface area contributed by atoms with E-state index < -0.39 is 0 Å². The van der Waals surface area contributed by atoms with Gasteiger partial charge in [0.1, 0.15) is 11.5 Å². The summed E-state index contributed by atoms with van der Waals surface area (Å²) in [6, 6.07) is 12.2. The van der Waals surface area contributed by atoms with E-state index in [1.807, 2.05) is 31.2 Å². The minimum absolute atomic E-state index is 0.00817. The summed E-state index contributed by atoms with van der Waals surface area (Å²) in [6.45, 7) is 2.44. The Bertz CT molecular complexity index is 836. The minimum Gasteiger partial charge on any atom is -0.497 e. The molecule has 3 amide bonds. The third-order valence-electron chi connectivity index (χ3n) is 4.46. The number of ether oxygens (including phenoxy) is 2. The molecule has 27 heavy (non-hydrogen) atoms. The molecule has 2 aromatic rings. The summed E-state index contributed by atoms with van der Waals surface area (Å²) in [6.07, 6.45) is 0.265. The number of carbonyl (C=O) groups excluding carboxylic acids is 2. The molecule has 1 atom stereocenters. The van der Waals surface area contributed by atoms with Crippen molar-refractivity contribution in [3.63, 3.8) is 0 Å². The molecule has 0 radical (unpaired) electrons. The van der Waals surface area contributed by atoms with Crippen LogP contribution in [0, 0.1) is 6.92 Å². The van der Waals surface area contributed by atoms with Gasteiger partial charge in [-0.2, -0.15) is 0 Å². The van der Waals surface area contributed by atoms with Crippen LogP contribution in [0.15, 0.2) is 42.5 Å². The second-order valence-corrected chi connectivity index (χ2v) is 6.41. The maximum absolute atomic E-state index is 12.3. The lowest BCUT2D eigenvalue weighted by molar-refractivity contribution is -0.117. The smallest absolute Gasteiger partial charge is 0.319 e. The Balaban J connectivity index is 1.62. The van der Waals surface area contributed by atoms with Crippen LogP contribution in [0.3, 0.4) is 0 Å². The van der Waals surface area contributed by atoms with Crippen molar-refractivity contribution in [1.29, 1.82) is 0 Å². The molecule has 0 saturated carbocycles. The average molecular weight is 369 g/mol. The maximum atomic E-state index is 12.3. The largest absolute Gasteiger partial charge is 0.497 e. The Labute approximate surface area is 158 Å². The summed E-state index contributed by atoms with van der Waals surface area (Å²) >= 11 is 0. The van der Waals surface area contributed by atoms with E-state index in [0.717, 1.165) is 11.3 Å². The number of methoxy groups -OCH3 is 2. The van der Waals surface area contributed by atoms with Crippen LogP contribution in [-0.2, 0) is 4.79 Å². The van der Waals surface area contributed by atoms with Gasteiger partial charge in [-0.05, 0) is 31.2 Å². The first kappa shape index (κ1) is 18.6. The highest BCUT2D eigenvalue weighted by Crippen LogP contribution is 2.29. The Morgan fingerprint density at radius 1 is 1.11 bits per heavy atom. The molecule has 0 bridgehead atoms. The van der Waals surface area contributed by atoms with Crippen molar-refractivity contribution in [1.82, 2.24) is 5.32 Å². The molecule has 7 heteroatoms. The number of nitrogens with one attached hydrogen (secondary N) is 2. The van der Waals surface area contributed by atoms with Crippen LogP contribution in [0.2, 0.25) is 0 Å². The SMILES string of the molecule is COc1ccc(NC(=O)N[C@@H]2CC(=O)N(c3ccc(C)cc3)C2)c(OC)c1. The molecule has 1 heterocycles. The van der Waals surface area contributed by atoms with Gasteiger partial charge in [0.15, 0.2) is 0 Å². The van der Waals surface area contributed by atoms with Crippen molar-refractivity contribution in [2.75, 3.05) is 31.0 Å². The highest BCUT2D eigenvalue weighted by Gasteiger charge is 2.31. The maximum Gasteiger partial charge on any atom is 0.319 e. The number of hydrogen-bond donors (Lipinski definition) is 2. The summed E-state index contributed by atoms with van der Waals surface area (Å²) in [5.41, 5.74) is 2.50. The van der Waals surface area contributed by atoms with Crippen molar-refractivity contribution >= 4 is 23.3 Å². The topological polar surface area (TPSA) is 79.9 Å². The number of anilines is 2. The third kappa shape index (κ3) is 4.31. The fraction of sp³-hybridized carbons (Fsp3) is 0.300. The summed E-state index contributed by atoms with van der Waals surface area (Å²) in [4.78, 5) is 26.3. The van der Waals surface area contributed by atoms with Crippen LogP contribution in [0.1, 0.15) is 12.0 Å². The van der Waals surface area contributed by atoms with E-state index in [9.17, 15) is 9.59 Å². The van der Waals surface area contributed by atoms with Crippen LogP contribution in [0.5, 0.6) is 11.5 Å². The van der Waals surface area contributed by atoms with E-state index in [0.29, 0.717) is 23.7 Å². The van der Waals surface area contributed by atoms with E-state index in [1.165, 1.54) is 7.11 Å². The van der Waals surface area contributed by atoms with Crippen LogP contribution < -0.4 is 25.0 Å². The minimum atomic E-state index is -0.387. The fourth-order valence-corrected chi connectivity index (χ4v) is 3.02. The molecule has 0 spiro atoms. The van der Waals surface area contributed by atoms with Gasteiger partial charge < -0.3 is 25.0 Å². The van der Waals surface area contributed by atoms with Crippen molar-refractivity contribution in [2.45, 2.75) is 19.4 Å². The Morgan fingerprint density at radius 3 is 2.52 bits per heavy atom. The van der Waals surface area contributed by atoms with Gasteiger partial charge in [-0.15, -0.1) is 0 Å². The van der Waals surface area contributed by atoms with Gasteiger partial charge in [-0.1, -0.05) is 17.7 Å². The molecular weight excluding hydrogens is 346 g/mol. The number of carbonyl (C=O) groups is 2. The molecule has 1 saturated heterocycles. The Hall–Kier alpha value is -3.22. The van der Waals surface area contributed by atoms with Crippen LogP contribution in [0.4, 0.5) is 16.2 Å². The normalized spacial score (nSPS) is 16.2. The van der Waals surface area contributed by atoms with E-state index in [1.54, 1.807) is 30.2 Å². The molecule has 142 valence electrons. The molecule has 1 aliphatic rings. The molecule has 0 aromatic heterocycles. The highest BCUT2D eigenvalue weighted by atomic mass is 16.5. The standard InChI is InChI=1S/C20H23N3O4/c1-13-4-6-15(7-5-13)23-12-14(10-19(23)24)21-20(25)22-17-9-8-16(26-2)11-18(17)27-3/h4-9,11,14H,10,12H2,1-3H3,(H2,21,22,25)/t14-/m1/s1. The molecule has 3 rings (SSSR count). The molecular formula is C20H23N3O4. The molecule has 0 aliphatic carbocycles.